The predicted molar refractivity (Wildman–Crippen MR) is 114 cm³/mol. The number of carbonyl (C=O) groups excluding carboxylic acids is 1. The van der Waals surface area contributed by atoms with Crippen LogP contribution in [0.2, 0.25) is 0 Å². The number of carbonyl (C=O) groups is 1. The summed E-state index contributed by atoms with van der Waals surface area (Å²) >= 11 is 0. The summed E-state index contributed by atoms with van der Waals surface area (Å²) in [6.07, 6.45) is 3.59. The number of hydrazine groups is 1. The number of aliphatic imine (C=N–C) groups is 1. The van der Waals surface area contributed by atoms with Crippen molar-refractivity contribution in [3.63, 3.8) is 0 Å². The Morgan fingerprint density at radius 1 is 1.14 bits per heavy atom. The summed E-state index contributed by atoms with van der Waals surface area (Å²) in [6, 6.07) is 16.7. The SMILES string of the molecule is CC(C)(C)[N+]1=CC(=NC(=O)c2cccc(Oc3ccnc4ccccc34)c2)CN1. The summed E-state index contributed by atoms with van der Waals surface area (Å²) in [4.78, 5) is 21.3. The highest BCUT2D eigenvalue weighted by atomic mass is 16.5. The molecule has 0 atom stereocenters. The first-order valence-corrected chi connectivity index (χ1v) is 9.51. The number of hydrogen-bond acceptors (Lipinski definition) is 4. The molecule has 0 fully saturated rings. The minimum atomic E-state index is -0.293. The minimum Gasteiger partial charge on any atom is -0.457 e. The van der Waals surface area contributed by atoms with Gasteiger partial charge in [-0.05, 0) is 36.4 Å². The molecule has 1 aliphatic heterocycles. The quantitative estimate of drug-likeness (QED) is 0.690. The molecule has 3 aromatic rings. The summed E-state index contributed by atoms with van der Waals surface area (Å²) in [6.45, 7) is 6.79. The average molecular weight is 387 g/mol. The van der Waals surface area contributed by atoms with Gasteiger partial charge < -0.3 is 4.74 Å². The van der Waals surface area contributed by atoms with Crippen LogP contribution in [-0.4, -0.2) is 39.6 Å². The Bertz CT molecular complexity index is 1140. The van der Waals surface area contributed by atoms with E-state index in [-0.39, 0.29) is 11.4 Å². The van der Waals surface area contributed by atoms with Gasteiger partial charge in [0.05, 0.1) is 5.52 Å². The zero-order chi connectivity index (χ0) is 20.4. The molecule has 1 aromatic heterocycles. The highest BCUT2D eigenvalue weighted by molar-refractivity contribution is 6.33. The first kappa shape index (κ1) is 18.8. The Morgan fingerprint density at radius 2 is 1.97 bits per heavy atom. The Hall–Kier alpha value is -3.54. The molecule has 4 rings (SSSR count). The van der Waals surface area contributed by atoms with Gasteiger partial charge in [0.25, 0.3) is 5.91 Å². The van der Waals surface area contributed by atoms with E-state index in [9.17, 15) is 4.79 Å². The molecule has 0 aliphatic carbocycles. The van der Waals surface area contributed by atoms with Gasteiger partial charge in [0.2, 0.25) is 6.21 Å². The number of aromatic nitrogens is 1. The topological polar surface area (TPSA) is 66.6 Å². The second-order valence-corrected chi connectivity index (χ2v) is 7.87. The van der Waals surface area contributed by atoms with E-state index in [0.29, 0.717) is 29.3 Å². The number of ether oxygens (including phenoxy) is 1. The normalized spacial score (nSPS) is 15.3. The molecule has 0 spiro atoms. The van der Waals surface area contributed by atoms with Gasteiger partial charge in [-0.3, -0.25) is 9.78 Å². The van der Waals surface area contributed by atoms with Gasteiger partial charge >= 0.3 is 0 Å². The predicted octanol–water partition coefficient (Wildman–Crippen LogP) is 4.01. The van der Waals surface area contributed by atoms with E-state index in [1.54, 1.807) is 24.4 Å². The van der Waals surface area contributed by atoms with E-state index in [0.717, 1.165) is 10.9 Å². The largest absolute Gasteiger partial charge is 0.457 e. The van der Waals surface area contributed by atoms with E-state index in [2.05, 4.69) is 36.2 Å². The second kappa shape index (κ2) is 7.47. The molecule has 29 heavy (non-hydrogen) atoms. The fourth-order valence-electron chi connectivity index (χ4n) is 3.08. The maximum absolute atomic E-state index is 12.7. The van der Waals surface area contributed by atoms with Crippen LogP contribution in [0, 0.1) is 0 Å². The lowest BCUT2D eigenvalue weighted by molar-refractivity contribution is -0.638. The molecule has 6 nitrogen and oxygen atoms in total. The number of fused-ring (bicyclic) bond motifs is 1. The van der Waals surface area contributed by atoms with Crippen LogP contribution in [0.4, 0.5) is 0 Å². The second-order valence-electron chi connectivity index (χ2n) is 7.87. The van der Waals surface area contributed by atoms with Crippen LogP contribution in [0.25, 0.3) is 10.9 Å². The summed E-state index contributed by atoms with van der Waals surface area (Å²) in [5.41, 5.74) is 5.19. The highest BCUT2D eigenvalue weighted by Gasteiger charge is 2.30. The number of nitrogens with zero attached hydrogens (tertiary/aromatic N) is 3. The van der Waals surface area contributed by atoms with Crippen molar-refractivity contribution < 1.29 is 14.2 Å². The smallest absolute Gasteiger partial charge is 0.277 e. The van der Waals surface area contributed by atoms with Crippen molar-refractivity contribution in [2.24, 2.45) is 4.99 Å². The van der Waals surface area contributed by atoms with Crippen LogP contribution >= 0.6 is 0 Å². The molecule has 0 saturated carbocycles. The number of benzene rings is 2. The van der Waals surface area contributed by atoms with E-state index in [4.69, 9.17) is 4.74 Å². The average Bonchev–Trinajstić information content (AvgIpc) is 3.18. The first-order valence-electron chi connectivity index (χ1n) is 9.51. The van der Waals surface area contributed by atoms with Gasteiger partial charge in [0.15, 0.2) is 5.54 Å². The standard InChI is InChI=1S/C23H22N4O2/c1-23(2,3)27-15-17(14-25-27)26-22(28)16-7-6-8-18(13-16)29-21-11-12-24-20-10-5-4-9-19(20)21/h4-13,15H,14H2,1-3H3/p+1. The van der Waals surface area contributed by atoms with E-state index in [1.165, 1.54) is 0 Å². The van der Waals surface area contributed by atoms with Crippen molar-refractivity contribution in [3.05, 3.63) is 66.4 Å². The molecule has 2 heterocycles. The maximum atomic E-state index is 12.7. The monoisotopic (exact) mass is 387 g/mol. The summed E-state index contributed by atoms with van der Waals surface area (Å²) in [7, 11) is 0. The van der Waals surface area contributed by atoms with Crippen LogP contribution in [0.3, 0.4) is 0 Å². The Kier molecular flexibility index (Phi) is 4.84. The minimum absolute atomic E-state index is 0.0820. The van der Waals surface area contributed by atoms with Gasteiger partial charge in [-0.1, -0.05) is 18.2 Å². The first-order chi connectivity index (χ1) is 13.9. The number of amides is 1. The number of pyridine rings is 1. The molecule has 1 aliphatic rings. The molecule has 6 heteroatoms. The van der Waals surface area contributed by atoms with Crippen molar-refractivity contribution in [2.75, 3.05) is 6.54 Å². The third kappa shape index (κ3) is 4.16. The number of para-hydroxylation sites is 1. The Labute approximate surface area is 169 Å². The highest BCUT2D eigenvalue weighted by Crippen LogP contribution is 2.29. The van der Waals surface area contributed by atoms with Crippen LogP contribution in [0.1, 0.15) is 31.1 Å². The van der Waals surface area contributed by atoms with Gasteiger partial charge in [-0.25, -0.2) is 4.99 Å². The summed E-state index contributed by atoms with van der Waals surface area (Å²) in [5, 5.41) is 0.917. The lowest BCUT2D eigenvalue weighted by atomic mass is 10.1. The van der Waals surface area contributed by atoms with Crippen molar-refractivity contribution >= 4 is 28.7 Å². The van der Waals surface area contributed by atoms with Crippen molar-refractivity contribution in [3.8, 4) is 11.5 Å². The molecule has 2 aromatic carbocycles. The summed E-state index contributed by atoms with van der Waals surface area (Å²) in [5.74, 6) is 0.983. The van der Waals surface area contributed by atoms with E-state index in [1.807, 2.05) is 47.3 Å². The van der Waals surface area contributed by atoms with Gasteiger partial charge in [-0.2, -0.15) is 5.43 Å². The van der Waals surface area contributed by atoms with E-state index < -0.39 is 0 Å². The summed E-state index contributed by atoms with van der Waals surface area (Å²) < 4.78 is 8.01. The Morgan fingerprint density at radius 3 is 2.76 bits per heavy atom. The molecule has 146 valence electrons. The zero-order valence-corrected chi connectivity index (χ0v) is 16.7. The van der Waals surface area contributed by atoms with Crippen LogP contribution in [0.5, 0.6) is 11.5 Å². The molecular weight excluding hydrogens is 364 g/mol. The van der Waals surface area contributed by atoms with Gasteiger partial charge in [0.1, 0.15) is 23.8 Å². The molecule has 0 bridgehead atoms. The number of nitrogens with one attached hydrogen (secondary N) is 1. The third-order valence-corrected chi connectivity index (χ3v) is 4.59. The fourth-order valence-corrected chi connectivity index (χ4v) is 3.08. The maximum Gasteiger partial charge on any atom is 0.277 e. The third-order valence-electron chi connectivity index (χ3n) is 4.59. The Balaban J connectivity index is 1.57. The van der Waals surface area contributed by atoms with Crippen LogP contribution in [0.15, 0.2) is 65.8 Å². The lowest BCUT2D eigenvalue weighted by Gasteiger charge is -2.12. The fraction of sp³-hybridized carbons (Fsp3) is 0.217. The van der Waals surface area contributed by atoms with Gasteiger partial charge in [-0.15, -0.1) is 4.68 Å². The molecule has 1 N–H and O–H groups in total. The number of rotatable bonds is 3. The molecule has 0 radical (unpaired) electrons. The zero-order valence-electron chi connectivity index (χ0n) is 16.7. The van der Waals surface area contributed by atoms with Crippen LogP contribution in [-0.2, 0) is 0 Å². The van der Waals surface area contributed by atoms with Crippen molar-refractivity contribution in [2.45, 2.75) is 26.3 Å². The molecule has 1 amide bonds. The molecule has 0 unspecified atom stereocenters. The lowest BCUT2D eigenvalue weighted by Crippen LogP contribution is -2.39. The van der Waals surface area contributed by atoms with Gasteiger partial charge in [0, 0.05) is 37.9 Å². The molecule has 0 saturated heterocycles. The van der Waals surface area contributed by atoms with E-state index >= 15 is 0 Å². The molecular formula is C23H23N4O2+. The number of hydrogen-bond donors (Lipinski definition) is 1. The van der Waals surface area contributed by atoms with Crippen molar-refractivity contribution in [1.82, 2.24) is 10.4 Å². The van der Waals surface area contributed by atoms with Crippen LogP contribution < -0.4 is 10.2 Å². The van der Waals surface area contributed by atoms with Crippen molar-refractivity contribution in [1.29, 1.82) is 0 Å². The number of hydrazone groups is 1.